The molecule has 1 aromatic rings. The fraction of sp³-hybridized carbons (Fsp3) is 0.632. The van der Waals surface area contributed by atoms with E-state index < -0.39 is 0 Å². The van der Waals surface area contributed by atoms with Gasteiger partial charge in [0.15, 0.2) is 11.5 Å². The molecule has 0 unspecified atom stereocenters. The minimum Gasteiger partial charge on any atom is -0.490 e. The molecule has 1 aromatic carbocycles. The first kappa shape index (κ1) is 18.4. The second-order valence-electron chi connectivity index (χ2n) is 6.25. The fourth-order valence-electron chi connectivity index (χ4n) is 3.09. The van der Waals surface area contributed by atoms with Crippen LogP contribution >= 0.6 is 0 Å². The van der Waals surface area contributed by atoms with Gasteiger partial charge in [0, 0.05) is 6.04 Å². The first-order valence-corrected chi connectivity index (χ1v) is 9.10. The summed E-state index contributed by atoms with van der Waals surface area (Å²) in [7, 11) is 0. The van der Waals surface area contributed by atoms with Gasteiger partial charge in [-0.3, -0.25) is 0 Å². The summed E-state index contributed by atoms with van der Waals surface area (Å²) in [5, 5.41) is 6.10. The number of urea groups is 1. The first-order valence-electron chi connectivity index (χ1n) is 9.10. The van der Waals surface area contributed by atoms with Gasteiger partial charge in [-0.05, 0) is 51.3 Å². The highest BCUT2D eigenvalue weighted by Gasteiger charge is 2.18. The third-order valence-electron chi connectivity index (χ3n) is 4.36. The molecule has 0 saturated heterocycles. The van der Waals surface area contributed by atoms with Gasteiger partial charge in [-0.2, -0.15) is 0 Å². The van der Waals surface area contributed by atoms with Crippen molar-refractivity contribution < 1.29 is 14.3 Å². The van der Waals surface area contributed by atoms with E-state index in [1.54, 1.807) is 0 Å². The zero-order chi connectivity index (χ0) is 17.4. The molecule has 0 radical (unpaired) electrons. The Morgan fingerprint density at radius 3 is 2.46 bits per heavy atom. The number of hydrogen-bond acceptors (Lipinski definition) is 3. The number of rotatable bonds is 7. The molecule has 0 heterocycles. The van der Waals surface area contributed by atoms with Crippen LogP contribution in [-0.4, -0.2) is 25.3 Å². The van der Waals surface area contributed by atoms with Crippen LogP contribution < -0.4 is 20.1 Å². The van der Waals surface area contributed by atoms with Crippen molar-refractivity contribution in [3.8, 4) is 11.5 Å². The predicted molar refractivity (Wildman–Crippen MR) is 95.7 cm³/mol. The van der Waals surface area contributed by atoms with Crippen molar-refractivity contribution in [2.24, 2.45) is 0 Å². The van der Waals surface area contributed by atoms with Gasteiger partial charge in [0.25, 0.3) is 0 Å². The van der Waals surface area contributed by atoms with E-state index in [0.29, 0.717) is 19.3 Å². The minimum atomic E-state index is -0.0961. The van der Waals surface area contributed by atoms with Crippen LogP contribution in [0.2, 0.25) is 0 Å². The van der Waals surface area contributed by atoms with Gasteiger partial charge >= 0.3 is 6.03 Å². The number of ether oxygens (including phenoxy) is 2. The molecule has 134 valence electrons. The zero-order valence-electron chi connectivity index (χ0n) is 15.1. The standard InChI is InChI=1S/C19H30N2O3/c1-4-23-17-12-11-15(13-18(17)24-5-2)14(3)20-19(22)21-16-9-7-6-8-10-16/h11-14,16H,4-10H2,1-3H3,(H2,20,21,22)/t14-/m0/s1. The van der Waals surface area contributed by atoms with Gasteiger partial charge in [0.05, 0.1) is 19.3 Å². The Kier molecular flexibility index (Phi) is 7.22. The number of hydrogen-bond donors (Lipinski definition) is 2. The van der Waals surface area contributed by atoms with Crippen LogP contribution in [0.5, 0.6) is 11.5 Å². The predicted octanol–water partition coefficient (Wildman–Crippen LogP) is 4.18. The summed E-state index contributed by atoms with van der Waals surface area (Å²) in [6, 6.07) is 5.94. The number of nitrogens with one attached hydrogen (secondary N) is 2. The molecule has 24 heavy (non-hydrogen) atoms. The average molecular weight is 334 g/mol. The highest BCUT2D eigenvalue weighted by Crippen LogP contribution is 2.30. The summed E-state index contributed by atoms with van der Waals surface area (Å²) in [6.07, 6.45) is 5.86. The average Bonchev–Trinajstić information content (AvgIpc) is 2.57. The van der Waals surface area contributed by atoms with Crippen molar-refractivity contribution in [1.29, 1.82) is 0 Å². The van der Waals surface area contributed by atoms with Crippen LogP contribution in [0, 0.1) is 0 Å². The van der Waals surface area contributed by atoms with Crippen molar-refractivity contribution >= 4 is 6.03 Å². The maximum Gasteiger partial charge on any atom is 0.315 e. The molecule has 1 aliphatic rings. The van der Waals surface area contributed by atoms with E-state index in [4.69, 9.17) is 9.47 Å². The van der Waals surface area contributed by atoms with Crippen molar-refractivity contribution in [1.82, 2.24) is 10.6 Å². The normalized spacial score (nSPS) is 16.3. The quantitative estimate of drug-likeness (QED) is 0.786. The topological polar surface area (TPSA) is 59.6 Å². The Hall–Kier alpha value is -1.91. The molecular weight excluding hydrogens is 304 g/mol. The van der Waals surface area contributed by atoms with E-state index in [1.165, 1.54) is 19.3 Å². The van der Waals surface area contributed by atoms with Crippen molar-refractivity contribution in [3.63, 3.8) is 0 Å². The SMILES string of the molecule is CCOc1ccc([C@H](C)NC(=O)NC2CCCCC2)cc1OCC. The van der Waals surface area contributed by atoms with E-state index in [0.717, 1.165) is 29.9 Å². The Balaban J connectivity index is 1.96. The molecule has 1 atom stereocenters. The molecule has 1 fully saturated rings. The molecule has 0 spiro atoms. The summed E-state index contributed by atoms with van der Waals surface area (Å²) in [6.45, 7) is 7.04. The molecule has 0 bridgehead atoms. The molecule has 1 aliphatic carbocycles. The molecule has 0 aliphatic heterocycles. The highest BCUT2D eigenvalue weighted by atomic mass is 16.5. The Bertz CT molecular complexity index is 527. The smallest absolute Gasteiger partial charge is 0.315 e. The first-order chi connectivity index (χ1) is 11.6. The maximum atomic E-state index is 12.2. The summed E-state index contributed by atoms with van der Waals surface area (Å²) >= 11 is 0. The van der Waals surface area contributed by atoms with Gasteiger partial charge in [-0.15, -0.1) is 0 Å². The van der Waals surface area contributed by atoms with E-state index in [1.807, 2.05) is 39.0 Å². The van der Waals surface area contributed by atoms with Gasteiger partial charge < -0.3 is 20.1 Å². The third-order valence-corrected chi connectivity index (χ3v) is 4.36. The third kappa shape index (κ3) is 5.32. The molecule has 2 N–H and O–H groups in total. The largest absolute Gasteiger partial charge is 0.490 e. The number of carbonyl (C=O) groups excluding carboxylic acids is 1. The molecule has 0 aromatic heterocycles. The number of benzene rings is 1. The maximum absolute atomic E-state index is 12.2. The van der Waals surface area contributed by atoms with Gasteiger partial charge in [-0.1, -0.05) is 25.3 Å². The summed E-state index contributed by atoms with van der Waals surface area (Å²) in [5.74, 6) is 1.46. The van der Waals surface area contributed by atoms with Crippen LogP contribution in [0.1, 0.15) is 64.5 Å². The molecule has 1 saturated carbocycles. The molecular formula is C19H30N2O3. The van der Waals surface area contributed by atoms with Crippen LogP contribution in [0.25, 0.3) is 0 Å². The van der Waals surface area contributed by atoms with Gasteiger partial charge in [0.1, 0.15) is 0 Å². The van der Waals surface area contributed by atoms with Crippen LogP contribution in [-0.2, 0) is 0 Å². The fourth-order valence-corrected chi connectivity index (χ4v) is 3.09. The highest BCUT2D eigenvalue weighted by molar-refractivity contribution is 5.74. The monoisotopic (exact) mass is 334 g/mol. The second-order valence-corrected chi connectivity index (χ2v) is 6.25. The van der Waals surface area contributed by atoms with Crippen molar-refractivity contribution in [2.75, 3.05) is 13.2 Å². The lowest BCUT2D eigenvalue weighted by Gasteiger charge is -2.24. The molecule has 2 amide bonds. The van der Waals surface area contributed by atoms with Crippen LogP contribution in [0.4, 0.5) is 4.79 Å². The summed E-state index contributed by atoms with van der Waals surface area (Å²) in [4.78, 5) is 12.2. The molecule has 2 rings (SSSR count). The second kappa shape index (κ2) is 9.40. The van der Waals surface area contributed by atoms with Crippen molar-refractivity contribution in [3.05, 3.63) is 23.8 Å². The minimum absolute atomic E-state index is 0.0940. The Morgan fingerprint density at radius 2 is 1.79 bits per heavy atom. The van der Waals surface area contributed by atoms with E-state index in [2.05, 4.69) is 10.6 Å². The Morgan fingerprint density at radius 1 is 1.12 bits per heavy atom. The van der Waals surface area contributed by atoms with E-state index >= 15 is 0 Å². The van der Waals surface area contributed by atoms with Gasteiger partial charge in [0.2, 0.25) is 0 Å². The van der Waals surface area contributed by atoms with Crippen molar-refractivity contribution in [2.45, 2.75) is 65.0 Å². The molecule has 5 heteroatoms. The lowest BCUT2D eigenvalue weighted by Crippen LogP contribution is -2.43. The zero-order valence-corrected chi connectivity index (χ0v) is 15.1. The summed E-state index contributed by atoms with van der Waals surface area (Å²) < 4.78 is 11.2. The number of amides is 2. The Labute approximate surface area is 145 Å². The lowest BCUT2D eigenvalue weighted by atomic mass is 9.96. The van der Waals surface area contributed by atoms with Gasteiger partial charge in [-0.25, -0.2) is 4.79 Å². The summed E-state index contributed by atoms with van der Waals surface area (Å²) in [5.41, 5.74) is 1.00. The number of carbonyl (C=O) groups is 1. The van der Waals surface area contributed by atoms with Crippen LogP contribution in [0.3, 0.4) is 0 Å². The van der Waals surface area contributed by atoms with E-state index in [9.17, 15) is 4.79 Å². The van der Waals surface area contributed by atoms with E-state index in [-0.39, 0.29) is 12.1 Å². The lowest BCUT2D eigenvalue weighted by molar-refractivity contribution is 0.229. The van der Waals surface area contributed by atoms with Crippen LogP contribution in [0.15, 0.2) is 18.2 Å². The molecule has 5 nitrogen and oxygen atoms in total.